The van der Waals surface area contributed by atoms with Crippen molar-refractivity contribution in [3.05, 3.63) is 62.5 Å². The number of aryl methyl sites for hydroxylation is 2. The van der Waals surface area contributed by atoms with Gasteiger partial charge in [0.15, 0.2) is 0 Å². The topological polar surface area (TPSA) is 119 Å². The summed E-state index contributed by atoms with van der Waals surface area (Å²) >= 11 is 2.44. The minimum atomic E-state index is -0.406. The van der Waals surface area contributed by atoms with Crippen molar-refractivity contribution in [2.45, 2.75) is 26.8 Å². The third-order valence-electron chi connectivity index (χ3n) is 4.48. The van der Waals surface area contributed by atoms with Crippen LogP contribution in [-0.4, -0.2) is 31.6 Å². The quantitative estimate of drug-likeness (QED) is 0.462. The molecular formula is C20H18N6O3S2. The van der Waals surface area contributed by atoms with Crippen LogP contribution in [0.3, 0.4) is 0 Å². The molecule has 2 amide bonds. The highest BCUT2D eigenvalue weighted by Gasteiger charge is 2.20. The fraction of sp³-hybridized carbons (Fsp3) is 0.200. The summed E-state index contributed by atoms with van der Waals surface area (Å²) in [5.74, 6) is -0.713. The van der Waals surface area contributed by atoms with Gasteiger partial charge in [0.25, 0.3) is 11.5 Å². The molecule has 3 aromatic heterocycles. The lowest BCUT2D eigenvalue weighted by Crippen LogP contribution is -2.27. The van der Waals surface area contributed by atoms with Gasteiger partial charge in [-0.3, -0.25) is 24.3 Å². The molecule has 11 heteroatoms. The standard InChI is InChI=1S/C20H18N6O3S2/c1-3-14-24-25-20(30-14)23-13(27)9-26-10-21-18-15(19(26)29)11(2)16(31-18)17(28)22-12-7-5-4-6-8-12/h4-8,10H,3,9H2,1-2H3,(H,22,28)(H,23,25,27). The van der Waals surface area contributed by atoms with Gasteiger partial charge in [0.05, 0.1) is 16.6 Å². The summed E-state index contributed by atoms with van der Waals surface area (Å²) in [6, 6.07) is 9.07. The number of carbonyl (C=O) groups is 2. The second-order valence-corrected chi connectivity index (χ2v) is 8.70. The summed E-state index contributed by atoms with van der Waals surface area (Å²) < 4.78 is 1.22. The van der Waals surface area contributed by atoms with Crippen LogP contribution in [0.25, 0.3) is 10.2 Å². The maximum absolute atomic E-state index is 13.0. The molecule has 0 saturated heterocycles. The SMILES string of the molecule is CCc1nnc(NC(=O)Cn2cnc3sc(C(=O)Nc4ccccc4)c(C)c3c2=O)s1. The fourth-order valence-electron chi connectivity index (χ4n) is 2.96. The number of amides is 2. The molecule has 0 radical (unpaired) electrons. The monoisotopic (exact) mass is 454 g/mol. The van der Waals surface area contributed by atoms with E-state index in [2.05, 4.69) is 25.8 Å². The second kappa shape index (κ2) is 8.74. The third-order valence-corrected chi connectivity index (χ3v) is 6.67. The molecule has 0 atom stereocenters. The third kappa shape index (κ3) is 4.37. The lowest BCUT2D eigenvalue weighted by molar-refractivity contribution is -0.116. The zero-order valence-electron chi connectivity index (χ0n) is 16.7. The molecule has 4 rings (SSSR count). The predicted molar refractivity (Wildman–Crippen MR) is 121 cm³/mol. The summed E-state index contributed by atoms with van der Waals surface area (Å²) in [4.78, 5) is 43.2. The number of nitrogens with one attached hydrogen (secondary N) is 2. The van der Waals surface area contributed by atoms with Crippen LogP contribution in [0.5, 0.6) is 0 Å². The summed E-state index contributed by atoms with van der Waals surface area (Å²) in [6.45, 7) is 3.44. The molecule has 158 valence electrons. The summed E-state index contributed by atoms with van der Waals surface area (Å²) in [5, 5.41) is 14.8. The first-order valence-corrected chi connectivity index (χ1v) is 11.1. The van der Waals surface area contributed by atoms with Crippen LogP contribution in [0.2, 0.25) is 0 Å². The molecule has 0 aliphatic heterocycles. The van der Waals surface area contributed by atoms with Gasteiger partial charge in [-0.2, -0.15) is 0 Å². The minimum absolute atomic E-state index is 0.219. The lowest BCUT2D eigenvalue weighted by Gasteiger charge is -2.05. The molecule has 0 unspecified atom stereocenters. The van der Waals surface area contributed by atoms with Crippen molar-refractivity contribution in [1.82, 2.24) is 19.7 Å². The van der Waals surface area contributed by atoms with Crippen molar-refractivity contribution in [2.75, 3.05) is 10.6 Å². The van der Waals surface area contributed by atoms with E-state index in [0.717, 1.165) is 22.8 Å². The molecule has 0 bridgehead atoms. The summed E-state index contributed by atoms with van der Waals surface area (Å²) in [5.41, 5.74) is 0.825. The van der Waals surface area contributed by atoms with E-state index in [4.69, 9.17) is 0 Å². The zero-order valence-corrected chi connectivity index (χ0v) is 18.3. The number of hydrogen-bond donors (Lipinski definition) is 2. The zero-order chi connectivity index (χ0) is 22.0. The Bertz CT molecular complexity index is 1330. The van der Waals surface area contributed by atoms with Crippen molar-refractivity contribution in [3.63, 3.8) is 0 Å². The van der Waals surface area contributed by atoms with Crippen LogP contribution in [0.15, 0.2) is 41.5 Å². The number of nitrogens with zero attached hydrogens (tertiary/aromatic N) is 4. The molecule has 0 saturated carbocycles. The van der Waals surface area contributed by atoms with E-state index < -0.39 is 5.91 Å². The van der Waals surface area contributed by atoms with E-state index >= 15 is 0 Å². The number of thiophene rings is 1. The normalized spacial score (nSPS) is 10.9. The highest BCUT2D eigenvalue weighted by molar-refractivity contribution is 7.20. The molecule has 3 heterocycles. The molecule has 0 fully saturated rings. The first kappa shape index (κ1) is 20.8. The largest absolute Gasteiger partial charge is 0.321 e. The van der Waals surface area contributed by atoms with Gasteiger partial charge >= 0.3 is 0 Å². The van der Waals surface area contributed by atoms with E-state index in [1.807, 2.05) is 25.1 Å². The van der Waals surface area contributed by atoms with Crippen molar-refractivity contribution >= 4 is 55.5 Å². The summed E-state index contributed by atoms with van der Waals surface area (Å²) in [6.07, 6.45) is 2.04. The molecule has 0 spiro atoms. The number of para-hydroxylation sites is 1. The minimum Gasteiger partial charge on any atom is -0.321 e. The van der Waals surface area contributed by atoms with Crippen LogP contribution < -0.4 is 16.2 Å². The van der Waals surface area contributed by atoms with Crippen LogP contribution in [0.4, 0.5) is 10.8 Å². The number of fused-ring (bicyclic) bond motifs is 1. The van der Waals surface area contributed by atoms with Gasteiger partial charge in [-0.25, -0.2) is 4.98 Å². The first-order chi connectivity index (χ1) is 15.0. The van der Waals surface area contributed by atoms with E-state index in [1.165, 1.54) is 22.2 Å². The molecular weight excluding hydrogens is 436 g/mol. The second-order valence-electron chi connectivity index (χ2n) is 6.64. The number of aromatic nitrogens is 4. The molecule has 31 heavy (non-hydrogen) atoms. The van der Waals surface area contributed by atoms with Crippen LogP contribution >= 0.6 is 22.7 Å². The molecule has 0 aliphatic carbocycles. The van der Waals surface area contributed by atoms with Crippen molar-refractivity contribution < 1.29 is 9.59 Å². The van der Waals surface area contributed by atoms with Gasteiger partial charge < -0.3 is 5.32 Å². The maximum atomic E-state index is 13.0. The Labute approximate surface area is 184 Å². The average Bonchev–Trinajstić information content (AvgIpc) is 3.35. The van der Waals surface area contributed by atoms with E-state index in [1.54, 1.807) is 19.1 Å². The van der Waals surface area contributed by atoms with Crippen molar-refractivity contribution in [2.24, 2.45) is 0 Å². The van der Waals surface area contributed by atoms with Crippen LogP contribution in [0, 0.1) is 6.92 Å². The molecule has 1 aromatic carbocycles. The Balaban J connectivity index is 1.57. The Hall–Kier alpha value is -3.44. The average molecular weight is 455 g/mol. The molecule has 9 nitrogen and oxygen atoms in total. The van der Waals surface area contributed by atoms with Gasteiger partial charge in [0.1, 0.15) is 16.4 Å². The van der Waals surface area contributed by atoms with Gasteiger partial charge in [-0.1, -0.05) is 36.5 Å². The lowest BCUT2D eigenvalue weighted by atomic mass is 10.2. The van der Waals surface area contributed by atoms with Gasteiger partial charge in [0.2, 0.25) is 11.0 Å². The summed E-state index contributed by atoms with van der Waals surface area (Å²) in [7, 11) is 0. The Morgan fingerprint density at radius 2 is 1.87 bits per heavy atom. The fourth-order valence-corrected chi connectivity index (χ4v) is 4.69. The van der Waals surface area contributed by atoms with E-state index in [9.17, 15) is 14.4 Å². The Kier molecular flexibility index (Phi) is 5.87. The highest BCUT2D eigenvalue weighted by atomic mass is 32.1. The van der Waals surface area contributed by atoms with Crippen LogP contribution in [0.1, 0.15) is 27.2 Å². The number of benzene rings is 1. The molecule has 0 aliphatic rings. The van der Waals surface area contributed by atoms with Gasteiger partial charge in [-0.15, -0.1) is 21.5 Å². The number of rotatable bonds is 6. The van der Waals surface area contributed by atoms with Crippen LogP contribution in [-0.2, 0) is 17.8 Å². The van der Waals surface area contributed by atoms with Crippen molar-refractivity contribution in [3.8, 4) is 0 Å². The maximum Gasteiger partial charge on any atom is 0.266 e. The van der Waals surface area contributed by atoms with E-state index in [0.29, 0.717) is 31.5 Å². The number of carbonyl (C=O) groups excluding carboxylic acids is 2. The number of hydrogen-bond acceptors (Lipinski definition) is 8. The molecule has 4 aromatic rings. The Morgan fingerprint density at radius 1 is 1.10 bits per heavy atom. The predicted octanol–water partition coefficient (Wildman–Crippen LogP) is 3.07. The number of anilines is 2. The van der Waals surface area contributed by atoms with Crippen molar-refractivity contribution in [1.29, 1.82) is 0 Å². The van der Waals surface area contributed by atoms with Gasteiger partial charge in [0, 0.05) is 5.69 Å². The van der Waals surface area contributed by atoms with E-state index in [-0.39, 0.29) is 18.0 Å². The molecule has 2 N–H and O–H groups in total. The Morgan fingerprint density at radius 3 is 2.58 bits per heavy atom. The highest BCUT2D eigenvalue weighted by Crippen LogP contribution is 2.27. The van der Waals surface area contributed by atoms with Gasteiger partial charge in [-0.05, 0) is 31.0 Å². The first-order valence-electron chi connectivity index (χ1n) is 9.43. The smallest absolute Gasteiger partial charge is 0.266 e.